The Hall–Kier alpha value is -2.32. The Bertz CT molecular complexity index is 977. The number of hydrogen-bond donors (Lipinski definition) is 1. The molecule has 1 aromatic carbocycles. The lowest BCUT2D eigenvalue weighted by Gasteiger charge is -2.16. The summed E-state index contributed by atoms with van der Waals surface area (Å²) in [5, 5.41) is 10.4. The van der Waals surface area contributed by atoms with Crippen molar-refractivity contribution in [2.24, 2.45) is 0 Å². The van der Waals surface area contributed by atoms with Crippen LogP contribution in [0.3, 0.4) is 0 Å². The van der Waals surface area contributed by atoms with Crippen LogP contribution in [0.2, 0.25) is 0 Å². The number of carbonyl (C=O) groups excluding carboxylic acids is 1. The zero-order valence-electron chi connectivity index (χ0n) is 16.8. The SMILES string of the molecule is CCCOC(=O)C(C)Sc1nnc(-c2c[nH]c3ccccc23)n1CC1CCCO1. The number of nitrogens with one attached hydrogen (secondary N) is 1. The lowest BCUT2D eigenvalue weighted by atomic mass is 10.1. The molecule has 4 rings (SSSR count). The topological polar surface area (TPSA) is 82.0 Å². The smallest absolute Gasteiger partial charge is 0.319 e. The number of benzene rings is 1. The highest BCUT2D eigenvalue weighted by molar-refractivity contribution is 8.00. The first kappa shape index (κ1) is 20.0. The van der Waals surface area contributed by atoms with Gasteiger partial charge >= 0.3 is 5.97 Å². The van der Waals surface area contributed by atoms with Crippen LogP contribution in [0.5, 0.6) is 0 Å². The van der Waals surface area contributed by atoms with E-state index in [-0.39, 0.29) is 17.3 Å². The average molecular weight is 415 g/mol. The van der Waals surface area contributed by atoms with Gasteiger partial charge in [0.05, 0.1) is 19.3 Å². The summed E-state index contributed by atoms with van der Waals surface area (Å²) in [4.78, 5) is 15.5. The molecule has 1 aliphatic heterocycles. The molecule has 2 atom stereocenters. The van der Waals surface area contributed by atoms with E-state index in [1.54, 1.807) is 0 Å². The standard InChI is InChI=1S/C21H26N4O3S/c1-3-10-28-20(26)14(2)29-21-24-23-19(25(21)13-15-7-6-11-27-15)17-12-22-18-9-5-4-8-16(17)18/h4-5,8-9,12,14-15,22H,3,6-7,10-11,13H2,1-2H3. The summed E-state index contributed by atoms with van der Waals surface area (Å²) in [7, 11) is 0. The molecule has 0 saturated carbocycles. The Morgan fingerprint density at radius 1 is 1.41 bits per heavy atom. The van der Waals surface area contributed by atoms with Gasteiger partial charge in [-0.25, -0.2) is 0 Å². The van der Waals surface area contributed by atoms with Gasteiger partial charge in [-0.2, -0.15) is 0 Å². The normalized spacial score (nSPS) is 17.7. The van der Waals surface area contributed by atoms with Crippen molar-refractivity contribution in [1.29, 1.82) is 0 Å². The minimum absolute atomic E-state index is 0.136. The molecule has 0 radical (unpaired) electrons. The number of aromatic amines is 1. The third kappa shape index (κ3) is 4.33. The van der Waals surface area contributed by atoms with E-state index >= 15 is 0 Å². The first-order valence-corrected chi connectivity index (χ1v) is 11.0. The Kier molecular flexibility index (Phi) is 6.20. The number of nitrogens with zero attached hydrogens (tertiary/aromatic N) is 3. The van der Waals surface area contributed by atoms with Crippen molar-refractivity contribution >= 4 is 28.6 Å². The molecule has 1 aliphatic rings. The van der Waals surface area contributed by atoms with Gasteiger partial charge in [-0.15, -0.1) is 10.2 Å². The highest BCUT2D eigenvalue weighted by Gasteiger charge is 2.26. The monoisotopic (exact) mass is 414 g/mol. The number of aromatic nitrogens is 4. The second-order valence-corrected chi connectivity index (χ2v) is 8.54. The predicted molar refractivity (Wildman–Crippen MR) is 113 cm³/mol. The maximum atomic E-state index is 12.2. The van der Waals surface area contributed by atoms with Gasteiger partial charge < -0.3 is 14.5 Å². The van der Waals surface area contributed by atoms with Gasteiger partial charge in [0.25, 0.3) is 0 Å². The molecule has 0 bridgehead atoms. The first-order valence-electron chi connectivity index (χ1n) is 10.1. The summed E-state index contributed by atoms with van der Waals surface area (Å²) >= 11 is 1.38. The van der Waals surface area contributed by atoms with E-state index in [2.05, 4.69) is 25.8 Å². The van der Waals surface area contributed by atoms with E-state index < -0.39 is 0 Å². The number of esters is 1. The van der Waals surface area contributed by atoms with Gasteiger partial charge in [0.1, 0.15) is 5.25 Å². The third-order valence-corrected chi connectivity index (χ3v) is 6.08. The Morgan fingerprint density at radius 2 is 2.28 bits per heavy atom. The van der Waals surface area contributed by atoms with E-state index in [9.17, 15) is 4.79 Å². The first-order chi connectivity index (χ1) is 14.2. The number of ether oxygens (including phenoxy) is 2. The highest BCUT2D eigenvalue weighted by atomic mass is 32.2. The van der Waals surface area contributed by atoms with Crippen molar-refractivity contribution in [3.63, 3.8) is 0 Å². The quantitative estimate of drug-likeness (QED) is 0.442. The summed E-state index contributed by atoms with van der Waals surface area (Å²) in [5.74, 6) is 0.562. The molecule has 1 fully saturated rings. The molecule has 3 aromatic rings. The highest BCUT2D eigenvalue weighted by Crippen LogP contribution is 2.32. The fourth-order valence-electron chi connectivity index (χ4n) is 3.51. The molecule has 29 heavy (non-hydrogen) atoms. The van der Waals surface area contributed by atoms with E-state index in [1.807, 2.05) is 38.2 Å². The van der Waals surface area contributed by atoms with Crippen molar-refractivity contribution in [2.45, 2.75) is 56.2 Å². The number of H-pyrrole nitrogens is 1. The van der Waals surface area contributed by atoms with Crippen LogP contribution in [-0.2, 0) is 20.8 Å². The van der Waals surface area contributed by atoms with Crippen LogP contribution < -0.4 is 0 Å². The number of carbonyl (C=O) groups is 1. The summed E-state index contributed by atoms with van der Waals surface area (Å²) in [6.45, 7) is 5.72. The van der Waals surface area contributed by atoms with Crippen LogP contribution in [0.1, 0.15) is 33.1 Å². The molecule has 0 aliphatic carbocycles. The van der Waals surface area contributed by atoms with Gasteiger partial charge in [0, 0.05) is 29.3 Å². The molecule has 1 saturated heterocycles. The van der Waals surface area contributed by atoms with Gasteiger partial charge in [-0.3, -0.25) is 9.36 Å². The molecular weight excluding hydrogens is 388 g/mol. The van der Waals surface area contributed by atoms with E-state index in [4.69, 9.17) is 9.47 Å². The van der Waals surface area contributed by atoms with E-state index in [1.165, 1.54) is 11.8 Å². The molecular formula is C21H26N4O3S. The average Bonchev–Trinajstić information content (AvgIpc) is 3.47. The molecule has 0 spiro atoms. The molecule has 7 nitrogen and oxygen atoms in total. The fourth-order valence-corrected chi connectivity index (χ4v) is 4.37. The molecule has 2 aromatic heterocycles. The molecule has 1 N–H and O–H groups in total. The summed E-state index contributed by atoms with van der Waals surface area (Å²) in [5.41, 5.74) is 2.05. The van der Waals surface area contributed by atoms with Gasteiger partial charge in [-0.05, 0) is 32.3 Å². The molecule has 3 heterocycles. The number of para-hydroxylation sites is 1. The maximum absolute atomic E-state index is 12.2. The van der Waals surface area contributed by atoms with Crippen LogP contribution in [-0.4, -0.2) is 50.3 Å². The second-order valence-electron chi connectivity index (χ2n) is 7.23. The van der Waals surface area contributed by atoms with Crippen LogP contribution in [0.4, 0.5) is 0 Å². The predicted octanol–water partition coefficient (Wildman–Crippen LogP) is 4.04. The van der Waals surface area contributed by atoms with Crippen molar-refractivity contribution in [3.05, 3.63) is 30.5 Å². The Balaban J connectivity index is 1.65. The minimum atomic E-state index is -0.357. The summed E-state index contributed by atoms with van der Waals surface area (Å²) in [6, 6.07) is 8.14. The van der Waals surface area contributed by atoms with Crippen LogP contribution >= 0.6 is 11.8 Å². The van der Waals surface area contributed by atoms with Crippen molar-refractivity contribution in [1.82, 2.24) is 19.7 Å². The van der Waals surface area contributed by atoms with Gasteiger partial charge in [-0.1, -0.05) is 36.9 Å². The molecule has 8 heteroatoms. The van der Waals surface area contributed by atoms with Crippen LogP contribution in [0.15, 0.2) is 35.6 Å². The van der Waals surface area contributed by atoms with Crippen molar-refractivity contribution in [2.75, 3.05) is 13.2 Å². The summed E-state index contributed by atoms with van der Waals surface area (Å²) < 4.78 is 13.2. The molecule has 154 valence electrons. The van der Waals surface area contributed by atoms with Crippen molar-refractivity contribution in [3.8, 4) is 11.4 Å². The number of fused-ring (bicyclic) bond motifs is 1. The van der Waals surface area contributed by atoms with Gasteiger partial charge in [0.2, 0.25) is 0 Å². The zero-order valence-corrected chi connectivity index (χ0v) is 17.6. The minimum Gasteiger partial charge on any atom is -0.465 e. The molecule has 0 amide bonds. The van der Waals surface area contributed by atoms with E-state index in [0.29, 0.717) is 18.3 Å². The third-order valence-electron chi connectivity index (χ3n) is 5.02. The van der Waals surface area contributed by atoms with Crippen LogP contribution in [0, 0.1) is 0 Å². The number of thioether (sulfide) groups is 1. The number of rotatable bonds is 8. The largest absolute Gasteiger partial charge is 0.465 e. The lowest BCUT2D eigenvalue weighted by molar-refractivity contribution is -0.142. The molecule has 2 unspecified atom stereocenters. The lowest BCUT2D eigenvalue weighted by Crippen LogP contribution is -2.20. The van der Waals surface area contributed by atoms with Crippen molar-refractivity contribution < 1.29 is 14.3 Å². The Labute approximate surface area is 174 Å². The Morgan fingerprint density at radius 3 is 3.07 bits per heavy atom. The summed E-state index contributed by atoms with van der Waals surface area (Å²) in [6.07, 6.45) is 5.00. The van der Waals surface area contributed by atoms with E-state index in [0.717, 1.165) is 48.2 Å². The number of hydrogen-bond acceptors (Lipinski definition) is 6. The zero-order chi connectivity index (χ0) is 20.2. The van der Waals surface area contributed by atoms with Gasteiger partial charge in [0.15, 0.2) is 11.0 Å². The van der Waals surface area contributed by atoms with Crippen LogP contribution in [0.25, 0.3) is 22.3 Å². The second kappa shape index (κ2) is 9.00. The maximum Gasteiger partial charge on any atom is 0.319 e. The fraction of sp³-hybridized carbons (Fsp3) is 0.476.